The van der Waals surface area contributed by atoms with Crippen molar-refractivity contribution in [3.8, 4) is 0 Å². The molecule has 0 aromatic carbocycles. The Bertz CT molecular complexity index is 985. The summed E-state index contributed by atoms with van der Waals surface area (Å²) in [5, 5.41) is 39.7. The summed E-state index contributed by atoms with van der Waals surface area (Å²) in [7, 11) is 0. The largest absolute Gasteiger partial charge is 0.455 e. The van der Waals surface area contributed by atoms with Gasteiger partial charge in [0.25, 0.3) is 0 Å². The molecule has 3 N–H and O–H groups in total. The number of esters is 1. The van der Waals surface area contributed by atoms with Gasteiger partial charge in [0.1, 0.15) is 54.5 Å². The lowest BCUT2D eigenvalue weighted by atomic mass is 9.92. The standard InChI is InChI=1S/C32H57N3O11/c1-6-10-14-40-20-24-28(41-15-11-7-2)31(43-17-13-9-4)30(42-16-12-8-3)27(45-24)22-18-35(34-33-22)32-29(44-21(5)37)26(39)25(38)23(19-36)46-32/h18,23-32,36,38-39H,6-17,19-20H2,1-5H3/t23-,24-,25-,26+,27-,28-,29+,30-,31+,32+/m1/s1. The molecule has 2 fully saturated rings. The molecule has 3 rings (SSSR count). The molecule has 14 heteroatoms. The molecular formula is C32H57N3O11. The number of ether oxygens (including phenoxy) is 7. The summed E-state index contributed by atoms with van der Waals surface area (Å²) in [6.07, 6.45) is -0.406. The number of hydrogen-bond acceptors (Lipinski definition) is 13. The van der Waals surface area contributed by atoms with E-state index in [0.29, 0.717) is 38.7 Å². The SMILES string of the molecule is CCCCOC[C@H]1O[C@H](c2cn([C@H]3O[C@H](CO)[C@@H](O)[C@H](O)[C@@H]3OC(C)=O)nn2)[C@@H](OCCCC)[C@@H](OCCCC)[C@@H]1OCCCC. The van der Waals surface area contributed by atoms with Crippen LogP contribution in [0.15, 0.2) is 6.20 Å². The number of aliphatic hydroxyl groups is 3. The van der Waals surface area contributed by atoms with Crippen molar-refractivity contribution in [3.05, 3.63) is 11.9 Å². The first-order valence-electron chi connectivity index (χ1n) is 17.1. The molecule has 1 aromatic rings. The molecular weight excluding hydrogens is 602 g/mol. The number of carbonyl (C=O) groups is 1. The Labute approximate surface area is 273 Å². The molecule has 0 saturated carbocycles. The zero-order chi connectivity index (χ0) is 33.5. The number of aromatic nitrogens is 3. The molecule has 2 saturated heterocycles. The lowest BCUT2D eigenvalue weighted by Gasteiger charge is -2.45. The molecule has 0 bridgehead atoms. The first-order valence-corrected chi connectivity index (χ1v) is 17.1. The van der Waals surface area contributed by atoms with E-state index in [1.54, 1.807) is 6.20 Å². The Kier molecular flexibility index (Phi) is 17.3. The van der Waals surface area contributed by atoms with E-state index in [1.165, 1.54) is 11.6 Å². The van der Waals surface area contributed by atoms with Gasteiger partial charge in [0.15, 0.2) is 12.3 Å². The highest BCUT2D eigenvalue weighted by atomic mass is 16.6. The summed E-state index contributed by atoms with van der Waals surface area (Å²) in [6, 6.07) is 0. The van der Waals surface area contributed by atoms with Gasteiger partial charge in [0, 0.05) is 33.4 Å². The van der Waals surface area contributed by atoms with Crippen molar-refractivity contribution in [2.45, 2.75) is 147 Å². The van der Waals surface area contributed by atoms with Gasteiger partial charge < -0.3 is 48.5 Å². The smallest absolute Gasteiger partial charge is 0.303 e. The highest BCUT2D eigenvalue weighted by Crippen LogP contribution is 2.38. The van der Waals surface area contributed by atoms with Crippen molar-refractivity contribution in [3.63, 3.8) is 0 Å². The Hall–Kier alpha value is -1.75. The maximum Gasteiger partial charge on any atom is 0.303 e. The van der Waals surface area contributed by atoms with E-state index >= 15 is 0 Å². The van der Waals surface area contributed by atoms with Crippen LogP contribution in [0.3, 0.4) is 0 Å². The van der Waals surface area contributed by atoms with Crippen LogP contribution < -0.4 is 0 Å². The summed E-state index contributed by atoms with van der Waals surface area (Å²) in [6.45, 7) is 11.5. The van der Waals surface area contributed by atoms with Gasteiger partial charge in [0.2, 0.25) is 0 Å². The predicted octanol–water partition coefficient (Wildman–Crippen LogP) is 2.63. The highest BCUT2D eigenvalue weighted by molar-refractivity contribution is 5.66. The average molecular weight is 660 g/mol. The average Bonchev–Trinajstić information content (AvgIpc) is 3.53. The van der Waals surface area contributed by atoms with Crippen LogP contribution in [-0.4, -0.2) is 125 Å². The van der Waals surface area contributed by atoms with Crippen molar-refractivity contribution in [2.75, 3.05) is 39.6 Å². The molecule has 0 amide bonds. The van der Waals surface area contributed by atoms with Crippen molar-refractivity contribution in [2.24, 2.45) is 0 Å². The van der Waals surface area contributed by atoms with E-state index in [0.717, 1.165) is 51.4 Å². The minimum atomic E-state index is -1.54. The van der Waals surface area contributed by atoms with E-state index < -0.39 is 73.7 Å². The van der Waals surface area contributed by atoms with Crippen molar-refractivity contribution >= 4 is 5.97 Å². The minimum absolute atomic E-state index is 0.291. The Balaban J connectivity index is 1.99. The van der Waals surface area contributed by atoms with E-state index in [-0.39, 0.29) is 0 Å². The lowest BCUT2D eigenvalue weighted by molar-refractivity contribution is -0.269. The van der Waals surface area contributed by atoms with Crippen LogP contribution in [-0.2, 0) is 38.0 Å². The van der Waals surface area contributed by atoms with Gasteiger partial charge in [-0.05, 0) is 25.7 Å². The van der Waals surface area contributed by atoms with Crippen molar-refractivity contribution in [1.82, 2.24) is 15.0 Å². The second-order valence-electron chi connectivity index (χ2n) is 12.0. The van der Waals surface area contributed by atoms with Gasteiger partial charge in [0.05, 0.1) is 19.4 Å². The van der Waals surface area contributed by atoms with E-state index in [1.807, 2.05) is 0 Å². The fourth-order valence-corrected chi connectivity index (χ4v) is 5.55. The molecule has 46 heavy (non-hydrogen) atoms. The third-order valence-corrected chi connectivity index (χ3v) is 8.21. The zero-order valence-corrected chi connectivity index (χ0v) is 28.2. The summed E-state index contributed by atoms with van der Waals surface area (Å²) >= 11 is 0. The van der Waals surface area contributed by atoms with Crippen LogP contribution in [0, 0.1) is 0 Å². The minimum Gasteiger partial charge on any atom is -0.455 e. The van der Waals surface area contributed by atoms with Crippen LogP contribution in [0.1, 0.15) is 104 Å². The van der Waals surface area contributed by atoms with Crippen LogP contribution in [0.25, 0.3) is 0 Å². The normalized spacial score (nSPS) is 31.7. The Morgan fingerprint density at radius 1 is 0.804 bits per heavy atom. The monoisotopic (exact) mass is 659 g/mol. The second kappa shape index (κ2) is 20.6. The van der Waals surface area contributed by atoms with Gasteiger partial charge in [-0.15, -0.1) is 5.10 Å². The third-order valence-electron chi connectivity index (χ3n) is 8.21. The topological polar surface area (TPSA) is 173 Å². The number of carbonyl (C=O) groups excluding carboxylic acids is 1. The van der Waals surface area contributed by atoms with Gasteiger partial charge in [-0.3, -0.25) is 4.79 Å². The molecule has 2 aliphatic rings. The Morgan fingerprint density at radius 3 is 1.98 bits per heavy atom. The predicted molar refractivity (Wildman–Crippen MR) is 166 cm³/mol. The molecule has 0 aliphatic carbocycles. The van der Waals surface area contributed by atoms with E-state index in [9.17, 15) is 20.1 Å². The maximum absolute atomic E-state index is 11.9. The van der Waals surface area contributed by atoms with Gasteiger partial charge in [-0.2, -0.15) is 0 Å². The van der Waals surface area contributed by atoms with Gasteiger partial charge in [-0.1, -0.05) is 58.6 Å². The fraction of sp³-hybridized carbons (Fsp3) is 0.906. The number of rotatable bonds is 21. The van der Waals surface area contributed by atoms with Gasteiger partial charge >= 0.3 is 5.97 Å². The quantitative estimate of drug-likeness (QED) is 0.130. The van der Waals surface area contributed by atoms with Crippen molar-refractivity contribution < 1.29 is 53.3 Å². The summed E-state index contributed by atoms with van der Waals surface area (Å²) in [5.74, 6) is -0.681. The fourth-order valence-electron chi connectivity index (χ4n) is 5.55. The van der Waals surface area contributed by atoms with Crippen LogP contribution >= 0.6 is 0 Å². The molecule has 266 valence electrons. The molecule has 3 heterocycles. The molecule has 1 aromatic heterocycles. The maximum atomic E-state index is 11.9. The first kappa shape index (κ1) is 38.7. The molecule has 14 nitrogen and oxygen atoms in total. The number of hydrogen-bond donors (Lipinski definition) is 3. The van der Waals surface area contributed by atoms with Crippen molar-refractivity contribution in [1.29, 1.82) is 0 Å². The molecule has 0 unspecified atom stereocenters. The lowest BCUT2D eigenvalue weighted by Crippen LogP contribution is -2.58. The summed E-state index contributed by atoms with van der Waals surface area (Å²) < 4.78 is 44.8. The van der Waals surface area contributed by atoms with E-state index in [2.05, 4.69) is 38.0 Å². The number of nitrogens with zero attached hydrogens (tertiary/aromatic N) is 3. The molecule has 0 radical (unpaired) electrons. The Morgan fingerprint density at radius 2 is 1.39 bits per heavy atom. The van der Waals surface area contributed by atoms with E-state index in [4.69, 9.17) is 33.2 Å². The second-order valence-corrected chi connectivity index (χ2v) is 12.0. The first-order chi connectivity index (χ1) is 22.3. The van der Waals surface area contributed by atoms with Gasteiger partial charge in [-0.25, -0.2) is 4.68 Å². The van der Waals surface area contributed by atoms with Crippen LogP contribution in [0.4, 0.5) is 0 Å². The third kappa shape index (κ3) is 10.6. The molecule has 2 aliphatic heterocycles. The molecule has 10 atom stereocenters. The zero-order valence-electron chi connectivity index (χ0n) is 28.2. The van der Waals surface area contributed by atoms with Crippen LogP contribution in [0.2, 0.25) is 0 Å². The van der Waals surface area contributed by atoms with Crippen LogP contribution in [0.5, 0.6) is 0 Å². The number of unbranched alkanes of at least 4 members (excludes halogenated alkanes) is 4. The summed E-state index contributed by atoms with van der Waals surface area (Å²) in [4.78, 5) is 11.9. The summed E-state index contributed by atoms with van der Waals surface area (Å²) in [5.41, 5.74) is 0.405. The highest BCUT2D eigenvalue weighted by Gasteiger charge is 2.51. The molecule has 0 spiro atoms. The number of aliphatic hydroxyl groups excluding tert-OH is 3.